The quantitative estimate of drug-likeness (QED) is 0.837. The van der Waals surface area contributed by atoms with Gasteiger partial charge in [-0.3, -0.25) is 9.88 Å². The highest BCUT2D eigenvalue weighted by molar-refractivity contribution is 5.44. The number of aromatic nitrogens is 1. The molecule has 0 aromatic carbocycles. The molecule has 1 unspecified atom stereocenters. The zero-order chi connectivity index (χ0) is 14.6. The van der Waals surface area contributed by atoms with Crippen molar-refractivity contribution in [2.45, 2.75) is 57.6 Å². The van der Waals surface area contributed by atoms with Crippen molar-refractivity contribution in [2.75, 3.05) is 18.8 Å². The molecule has 1 fully saturated rings. The summed E-state index contributed by atoms with van der Waals surface area (Å²) >= 11 is 0. The summed E-state index contributed by atoms with van der Waals surface area (Å²) in [5, 5.41) is 10.9. The van der Waals surface area contributed by atoms with Gasteiger partial charge in [-0.2, -0.15) is 0 Å². The summed E-state index contributed by atoms with van der Waals surface area (Å²) in [6.45, 7) is 6.32. The third-order valence-electron chi connectivity index (χ3n) is 4.84. The minimum absolute atomic E-state index is 0.0776. The second kappa shape index (κ2) is 6.55. The molecular weight excluding hydrogens is 250 g/mol. The van der Waals surface area contributed by atoms with Crippen LogP contribution in [0.4, 0.5) is 5.69 Å². The largest absolute Gasteiger partial charge is 0.398 e. The Bertz CT molecular complexity index is 425. The molecule has 0 amide bonds. The molecular formula is C16H27N3O. The SMILES string of the molecule is CCN(CC)C1(C(O)Cc2cnccc2N)CCCC1. The lowest BCUT2D eigenvalue weighted by atomic mass is 9.84. The van der Waals surface area contributed by atoms with E-state index in [1.54, 1.807) is 18.5 Å². The number of nitrogens with zero attached hydrogens (tertiary/aromatic N) is 2. The first-order valence-electron chi connectivity index (χ1n) is 7.75. The molecule has 2 rings (SSSR count). The molecule has 1 aromatic rings. The van der Waals surface area contributed by atoms with Crippen LogP contribution in [0.25, 0.3) is 0 Å². The van der Waals surface area contributed by atoms with Crippen molar-refractivity contribution >= 4 is 5.69 Å². The lowest BCUT2D eigenvalue weighted by molar-refractivity contribution is -0.0244. The van der Waals surface area contributed by atoms with Crippen LogP contribution < -0.4 is 5.73 Å². The Balaban J connectivity index is 2.19. The van der Waals surface area contributed by atoms with Crippen LogP contribution in [0, 0.1) is 0 Å². The molecule has 1 saturated carbocycles. The van der Waals surface area contributed by atoms with Gasteiger partial charge in [0, 0.05) is 30.0 Å². The van der Waals surface area contributed by atoms with Crippen molar-refractivity contribution in [3.05, 3.63) is 24.0 Å². The van der Waals surface area contributed by atoms with Crippen molar-refractivity contribution < 1.29 is 5.11 Å². The Hall–Kier alpha value is -1.13. The average molecular weight is 277 g/mol. The number of pyridine rings is 1. The van der Waals surface area contributed by atoms with E-state index in [9.17, 15) is 5.11 Å². The first kappa shape index (κ1) is 15.3. The van der Waals surface area contributed by atoms with Crippen LogP contribution in [0.2, 0.25) is 0 Å². The Morgan fingerprint density at radius 2 is 2.00 bits per heavy atom. The van der Waals surface area contributed by atoms with E-state index in [2.05, 4.69) is 23.7 Å². The van der Waals surface area contributed by atoms with Crippen LogP contribution in [-0.2, 0) is 6.42 Å². The molecule has 1 aromatic heterocycles. The molecule has 0 radical (unpaired) electrons. The van der Waals surface area contributed by atoms with E-state index in [1.165, 1.54) is 12.8 Å². The van der Waals surface area contributed by atoms with E-state index in [0.29, 0.717) is 6.42 Å². The minimum Gasteiger partial charge on any atom is -0.398 e. The Labute approximate surface area is 122 Å². The van der Waals surface area contributed by atoms with Crippen LogP contribution in [0.5, 0.6) is 0 Å². The highest BCUT2D eigenvalue weighted by atomic mass is 16.3. The Morgan fingerprint density at radius 3 is 2.55 bits per heavy atom. The van der Waals surface area contributed by atoms with Gasteiger partial charge in [-0.25, -0.2) is 0 Å². The van der Waals surface area contributed by atoms with Crippen molar-refractivity contribution in [1.29, 1.82) is 0 Å². The maximum Gasteiger partial charge on any atom is 0.0765 e. The standard InChI is InChI=1S/C16H27N3O/c1-3-19(4-2)16(8-5-6-9-16)15(20)11-13-12-18-10-7-14(13)17/h7,10,12,15,20H,3-6,8-9,11H2,1-2H3,(H2,17,18). The number of hydrogen-bond acceptors (Lipinski definition) is 4. The highest BCUT2D eigenvalue weighted by Crippen LogP contribution is 2.39. The number of aliphatic hydroxyl groups is 1. The van der Waals surface area contributed by atoms with E-state index in [4.69, 9.17) is 5.73 Å². The average Bonchev–Trinajstić information content (AvgIpc) is 2.93. The van der Waals surface area contributed by atoms with Crippen molar-refractivity contribution in [3.63, 3.8) is 0 Å². The summed E-state index contributed by atoms with van der Waals surface area (Å²) in [4.78, 5) is 6.56. The molecule has 112 valence electrons. The molecule has 0 bridgehead atoms. The van der Waals surface area contributed by atoms with Gasteiger partial charge < -0.3 is 10.8 Å². The van der Waals surface area contributed by atoms with Gasteiger partial charge in [0.2, 0.25) is 0 Å². The third-order valence-corrected chi connectivity index (χ3v) is 4.84. The number of hydrogen-bond donors (Lipinski definition) is 2. The second-order valence-electron chi connectivity index (χ2n) is 5.78. The topological polar surface area (TPSA) is 62.4 Å². The van der Waals surface area contributed by atoms with Crippen molar-refractivity contribution in [1.82, 2.24) is 9.88 Å². The Morgan fingerprint density at radius 1 is 1.35 bits per heavy atom. The number of anilines is 1. The van der Waals surface area contributed by atoms with Crippen LogP contribution in [0.15, 0.2) is 18.5 Å². The summed E-state index contributed by atoms with van der Waals surface area (Å²) in [6, 6.07) is 1.81. The molecule has 0 saturated heterocycles. The van der Waals surface area contributed by atoms with Gasteiger partial charge >= 0.3 is 0 Å². The minimum atomic E-state index is -0.378. The number of aliphatic hydroxyl groups excluding tert-OH is 1. The normalized spacial score (nSPS) is 19.4. The van der Waals surface area contributed by atoms with Gasteiger partial charge in [0.25, 0.3) is 0 Å². The maximum absolute atomic E-state index is 10.9. The lowest BCUT2D eigenvalue weighted by Crippen LogP contribution is -2.55. The van der Waals surface area contributed by atoms with Gasteiger partial charge in [-0.15, -0.1) is 0 Å². The van der Waals surface area contributed by atoms with E-state index < -0.39 is 0 Å². The number of rotatable bonds is 6. The van der Waals surface area contributed by atoms with Crippen molar-refractivity contribution in [2.24, 2.45) is 0 Å². The summed E-state index contributed by atoms with van der Waals surface area (Å²) in [5.74, 6) is 0. The van der Waals surface area contributed by atoms with Gasteiger partial charge in [0.1, 0.15) is 0 Å². The number of likely N-dealkylation sites (N-methyl/N-ethyl adjacent to an activating group) is 1. The maximum atomic E-state index is 10.9. The fourth-order valence-corrected chi connectivity index (χ4v) is 3.71. The molecule has 1 aliphatic carbocycles. The van der Waals surface area contributed by atoms with Crippen LogP contribution in [0.1, 0.15) is 45.1 Å². The van der Waals surface area contributed by atoms with Gasteiger partial charge in [-0.05, 0) is 37.6 Å². The van der Waals surface area contributed by atoms with Gasteiger partial charge in [0.05, 0.1) is 6.10 Å². The monoisotopic (exact) mass is 277 g/mol. The van der Waals surface area contributed by atoms with E-state index in [-0.39, 0.29) is 11.6 Å². The van der Waals surface area contributed by atoms with Crippen molar-refractivity contribution in [3.8, 4) is 0 Å². The highest BCUT2D eigenvalue weighted by Gasteiger charge is 2.44. The number of nitrogens with two attached hydrogens (primary N) is 1. The summed E-state index contributed by atoms with van der Waals surface area (Å²) < 4.78 is 0. The first-order chi connectivity index (χ1) is 9.64. The van der Waals surface area contributed by atoms with Gasteiger partial charge in [0.15, 0.2) is 0 Å². The molecule has 3 N–H and O–H groups in total. The van der Waals surface area contributed by atoms with Crippen LogP contribution in [0.3, 0.4) is 0 Å². The molecule has 0 spiro atoms. The van der Waals surface area contributed by atoms with E-state index in [1.807, 2.05) is 0 Å². The second-order valence-corrected chi connectivity index (χ2v) is 5.78. The first-order valence-corrected chi connectivity index (χ1v) is 7.75. The smallest absolute Gasteiger partial charge is 0.0765 e. The zero-order valence-corrected chi connectivity index (χ0v) is 12.7. The fourth-order valence-electron chi connectivity index (χ4n) is 3.71. The lowest BCUT2D eigenvalue weighted by Gasteiger charge is -2.44. The molecule has 1 heterocycles. The zero-order valence-electron chi connectivity index (χ0n) is 12.7. The van der Waals surface area contributed by atoms with Crippen LogP contribution >= 0.6 is 0 Å². The molecule has 20 heavy (non-hydrogen) atoms. The molecule has 1 aliphatic rings. The summed E-state index contributed by atoms with van der Waals surface area (Å²) in [7, 11) is 0. The van der Waals surface area contributed by atoms with Crippen LogP contribution in [-0.4, -0.2) is 39.7 Å². The molecule has 4 heteroatoms. The van der Waals surface area contributed by atoms with E-state index >= 15 is 0 Å². The predicted octanol–water partition coefficient (Wildman–Crippen LogP) is 2.22. The molecule has 0 aliphatic heterocycles. The third kappa shape index (κ3) is 2.81. The van der Waals surface area contributed by atoms with E-state index in [0.717, 1.165) is 37.2 Å². The molecule has 1 atom stereocenters. The number of nitrogen functional groups attached to an aromatic ring is 1. The summed E-state index contributed by atoms with van der Waals surface area (Å²) in [6.07, 6.45) is 8.26. The fraction of sp³-hybridized carbons (Fsp3) is 0.688. The predicted molar refractivity (Wildman–Crippen MR) is 82.5 cm³/mol. The Kier molecular flexibility index (Phi) is 5.00. The van der Waals surface area contributed by atoms with Gasteiger partial charge in [-0.1, -0.05) is 26.7 Å². The summed E-state index contributed by atoms with van der Waals surface area (Å²) in [5.41, 5.74) is 7.59. The molecule has 4 nitrogen and oxygen atoms in total.